The third kappa shape index (κ3) is 2.28. The van der Waals surface area contributed by atoms with Crippen molar-refractivity contribution >= 4 is 11.6 Å². The van der Waals surface area contributed by atoms with Gasteiger partial charge in [0.05, 0.1) is 17.3 Å². The van der Waals surface area contributed by atoms with Gasteiger partial charge in [-0.05, 0) is 24.6 Å². The topological polar surface area (TPSA) is 45.6 Å². The van der Waals surface area contributed by atoms with Crippen LogP contribution in [0.15, 0.2) is 30.6 Å². The molecule has 4 nitrogen and oxygen atoms in total. The van der Waals surface area contributed by atoms with Crippen LogP contribution < -0.4 is 5.32 Å². The molecule has 1 aliphatic heterocycles. The molecule has 0 aliphatic carbocycles. The molecule has 0 bridgehead atoms. The first-order valence-corrected chi connectivity index (χ1v) is 7.93. The number of aromatic nitrogens is 3. The lowest BCUT2D eigenvalue weighted by Crippen LogP contribution is -2.28. The van der Waals surface area contributed by atoms with E-state index < -0.39 is 5.82 Å². The van der Waals surface area contributed by atoms with E-state index in [1.165, 1.54) is 0 Å². The van der Waals surface area contributed by atoms with E-state index in [1.54, 1.807) is 18.2 Å². The van der Waals surface area contributed by atoms with Crippen LogP contribution in [0.1, 0.15) is 11.3 Å². The molecule has 118 valence electrons. The minimum absolute atomic E-state index is 0.114. The van der Waals surface area contributed by atoms with Crippen molar-refractivity contribution in [2.24, 2.45) is 0 Å². The van der Waals surface area contributed by atoms with E-state index in [1.807, 2.05) is 24.0 Å². The van der Waals surface area contributed by atoms with Crippen molar-refractivity contribution < 1.29 is 4.39 Å². The fraction of sp³-hybridized carbons (Fsp3) is 0.235. The number of H-pyrrole nitrogens is 1. The number of aryl methyl sites for hydroxylation is 1. The third-order valence-electron chi connectivity index (χ3n) is 4.28. The summed E-state index contributed by atoms with van der Waals surface area (Å²) < 4.78 is 16.5. The summed E-state index contributed by atoms with van der Waals surface area (Å²) >= 11 is 5.97. The number of hydrogen-bond donors (Lipinski definition) is 2. The van der Waals surface area contributed by atoms with Crippen molar-refractivity contribution in [3.05, 3.63) is 52.7 Å². The first-order chi connectivity index (χ1) is 11.2. The monoisotopic (exact) mass is 330 g/mol. The summed E-state index contributed by atoms with van der Waals surface area (Å²) in [7, 11) is 0. The third-order valence-corrected chi connectivity index (χ3v) is 4.57. The average Bonchev–Trinajstić information content (AvgIpc) is 3.13. The highest BCUT2D eigenvalue weighted by Gasteiger charge is 2.25. The molecule has 0 atom stereocenters. The Bertz CT molecular complexity index is 881. The Morgan fingerprint density at radius 3 is 2.91 bits per heavy atom. The van der Waals surface area contributed by atoms with Crippen LogP contribution in [-0.4, -0.2) is 21.3 Å². The molecule has 0 saturated carbocycles. The number of nitrogens with one attached hydrogen (secondary N) is 2. The van der Waals surface area contributed by atoms with E-state index in [4.69, 9.17) is 11.6 Å². The molecule has 1 aliphatic rings. The molecule has 4 rings (SSSR count). The number of rotatable bonds is 2. The lowest BCUT2D eigenvalue weighted by molar-refractivity contribution is 0.477. The van der Waals surface area contributed by atoms with Gasteiger partial charge in [0.15, 0.2) is 5.82 Å². The zero-order chi connectivity index (χ0) is 16.0. The molecule has 0 saturated heterocycles. The van der Waals surface area contributed by atoms with E-state index in [9.17, 15) is 4.39 Å². The zero-order valence-electron chi connectivity index (χ0n) is 12.7. The smallest absolute Gasteiger partial charge is 0.151 e. The van der Waals surface area contributed by atoms with Crippen LogP contribution in [0.5, 0.6) is 0 Å². The van der Waals surface area contributed by atoms with Crippen LogP contribution in [-0.2, 0) is 13.1 Å². The summed E-state index contributed by atoms with van der Waals surface area (Å²) in [4.78, 5) is 3.12. The molecule has 3 heterocycles. The largest absolute Gasteiger partial charge is 0.367 e. The molecule has 2 N–H and O–H groups in total. The highest BCUT2D eigenvalue weighted by Crippen LogP contribution is 2.38. The molecule has 0 unspecified atom stereocenters. The molecule has 0 fully saturated rings. The van der Waals surface area contributed by atoms with Crippen LogP contribution >= 0.6 is 11.6 Å². The van der Waals surface area contributed by atoms with Crippen LogP contribution in [0.3, 0.4) is 0 Å². The van der Waals surface area contributed by atoms with Gasteiger partial charge < -0.3 is 10.3 Å². The molecule has 23 heavy (non-hydrogen) atoms. The molecule has 0 radical (unpaired) electrons. The van der Waals surface area contributed by atoms with E-state index in [-0.39, 0.29) is 5.02 Å². The molecule has 0 amide bonds. The van der Waals surface area contributed by atoms with Crippen LogP contribution in [0, 0.1) is 12.7 Å². The Balaban J connectivity index is 2.02. The van der Waals surface area contributed by atoms with E-state index in [2.05, 4.69) is 15.4 Å². The number of aromatic amines is 1. The summed E-state index contributed by atoms with van der Waals surface area (Å²) in [6, 6.07) is 5.04. The van der Waals surface area contributed by atoms with Crippen molar-refractivity contribution in [2.45, 2.75) is 20.0 Å². The highest BCUT2D eigenvalue weighted by atomic mass is 35.5. The predicted octanol–water partition coefficient (Wildman–Crippen LogP) is 3.75. The summed E-state index contributed by atoms with van der Waals surface area (Å²) in [5.74, 6) is -0.424. The number of nitrogens with zero attached hydrogens (tertiary/aromatic N) is 2. The van der Waals surface area contributed by atoms with Crippen LogP contribution in [0.2, 0.25) is 5.02 Å². The maximum absolute atomic E-state index is 14.6. The lowest BCUT2D eigenvalue weighted by Gasteiger charge is -2.16. The molecular formula is C17H16ClFN4. The van der Waals surface area contributed by atoms with Gasteiger partial charge in [0, 0.05) is 42.2 Å². The maximum Gasteiger partial charge on any atom is 0.151 e. The van der Waals surface area contributed by atoms with E-state index in [0.717, 1.165) is 42.0 Å². The summed E-state index contributed by atoms with van der Waals surface area (Å²) in [6.07, 6.45) is 3.88. The highest BCUT2D eigenvalue weighted by molar-refractivity contribution is 6.31. The summed E-state index contributed by atoms with van der Waals surface area (Å²) in [5.41, 5.74) is 5.28. The number of hydrogen-bond acceptors (Lipinski definition) is 2. The van der Waals surface area contributed by atoms with Gasteiger partial charge in [-0.2, -0.15) is 5.10 Å². The standard InChI is InChI=1S/C17H16ClFN4/c1-10-7-21-8-12(10)15-14-9-20-5-6-23(14)22-17(15)11-3-2-4-13(18)16(11)19/h2-4,7-8,20-21H,5-6,9H2,1H3. The number of fused-ring (bicyclic) bond motifs is 1. The van der Waals surface area contributed by atoms with Crippen molar-refractivity contribution in [1.82, 2.24) is 20.1 Å². The first kappa shape index (κ1) is 14.5. The molecule has 1 aromatic carbocycles. The Labute approximate surface area is 138 Å². The van der Waals surface area contributed by atoms with Crippen molar-refractivity contribution in [2.75, 3.05) is 6.54 Å². The Morgan fingerprint density at radius 1 is 1.26 bits per heavy atom. The maximum atomic E-state index is 14.6. The van der Waals surface area contributed by atoms with Gasteiger partial charge in [0.25, 0.3) is 0 Å². The van der Waals surface area contributed by atoms with Gasteiger partial charge in [-0.25, -0.2) is 4.39 Å². The Kier molecular flexibility index (Phi) is 3.47. The fourth-order valence-electron chi connectivity index (χ4n) is 3.12. The second kappa shape index (κ2) is 5.51. The van der Waals surface area contributed by atoms with Crippen molar-refractivity contribution in [3.8, 4) is 22.4 Å². The Morgan fingerprint density at radius 2 is 2.13 bits per heavy atom. The van der Waals surface area contributed by atoms with Gasteiger partial charge in [0.1, 0.15) is 5.69 Å². The van der Waals surface area contributed by atoms with Crippen LogP contribution in [0.25, 0.3) is 22.4 Å². The predicted molar refractivity (Wildman–Crippen MR) is 88.9 cm³/mol. The minimum Gasteiger partial charge on any atom is -0.367 e. The number of halogens is 2. The first-order valence-electron chi connectivity index (χ1n) is 7.55. The second-order valence-electron chi connectivity index (χ2n) is 5.72. The molecule has 2 aromatic heterocycles. The SMILES string of the molecule is Cc1c[nH]cc1-c1c(-c2cccc(Cl)c2F)nn2c1CNCC2. The minimum atomic E-state index is -0.424. The lowest BCUT2D eigenvalue weighted by atomic mass is 9.98. The molecule has 3 aromatic rings. The van der Waals surface area contributed by atoms with Crippen molar-refractivity contribution in [3.63, 3.8) is 0 Å². The van der Waals surface area contributed by atoms with Gasteiger partial charge in [-0.1, -0.05) is 17.7 Å². The zero-order valence-corrected chi connectivity index (χ0v) is 13.4. The van der Waals surface area contributed by atoms with E-state index >= 15 is 0 Å². The van der Waals surface area contributed by atoms with Gasteiger partial charge in [0.2, 0.25) is 0 Å². The molecule has 6 heteroatoms. The normalized spacial score (nSPS) is 14.0. The van der Waals surface area contributed by atoms with E-state index in [0.29, 0.717) is 11.3 Å². The Hall–Kier alpha value is -2.11. The van der Waals surface area contributed by atoms with Crippen molar-refractivity contribution in [1.29, 1.82) is 0 Å². The van der Waals surface area contributed by atoms with Gasteiger partial charge in [-0.3, -0.25) is 4.68 Å². The molecular weight excluding hydrogens is 315 g/mol. The number of benzene rings is 1. The summed E-state index contributed by atoms with van der Waals surface area (Å²) in [6.45, 7) is 4.38. The second-order valence-corrected chi connectivity index (χ2v) is 6.13. The van der Waals surface area contributed by atoms with Gasteiger partial charge >= 0.3 is 0 Å². The molecule has 0 spiro atoms. The quantitative estimate of drug-likeness (QED) is 0.751. The van der Waals surface area contributed by atoms with Crippen LogP contribution in [0.4, 0.5) is 4.39 Å². The average molecular weight is 331 g/mol. The van der Waals surface area contributed by atoms with Gasteiger partial charge in [-0.15, -0.1) is 0 Å². The fourth-order valence-corrected chi connectivity index (χ4v) is 3.30. The summed E-state index contributed by atoms with van der Waals surface area (Å²) in [5, 5.41) is 8.16.